The monoisotopic (exact) mass is 545 g/mol. The number of nitrogens with zero attached hydrogens (tertiary/aromatic N) is 2. The highest BCUT2D eigenvalue weighted by Gasteiger charge is 2.34. The number of ketones is 1. The maximum Gasteiger partial charge on any atom is 0.344 e. The van der Waals surface area contributed by atoms with Crippen molar-refractivity contribution in [2.24, 2.45) is 11.7 Å². The van der Waals surface area contributed by atoms with Gasteiger partial charge in [0.25, 0.3) is 5.56 Å². The normalized spacial score (nSPS) is 18.0. The summed E-state index contributed by atoms with van der Waals surface area (Å²) in [7, 11) is 0. The van der Waals surface area contributed by atoms with Crippen LogP contribution >= 0.6 is 0 Å². The van der Waals surface area contributed by atoms with Crippen molar-refractivity contribution in [1.82, 2.24) is 9.72 Å². The number of rotatable bonds is 8. The number of ether oxygens (including phenoxy) is 2. The molecule has 0 aliphatic heterocycles. The van der Waals surface area contributed by atoms with Crippen molar-refractivity contribution in [1.29, 1.82) is 0 Å². The average molecular weight is 546 g/mol. The molecule has 5 rings (SSSR count). The Morgan fingerprint density at radius 3 is 2.60 bits per heavy atom. The summed E-state index contributed by atoms with van der Waals surface area (Å²) < 4.78 is 17.2. The molecule has 2 N–H and O–H groups in total. The number of fused-ring (bicyclic) bond motifs is 3. The van der Waals surface area contributed by atoms with Crippen molar-refractivity contribution >= 4 is 39.5 Å². The number of esters is 2. The topological polar surface area (TPSA) is 144 Å². The number of hydrogen-bond donors (Lipinski definition) is 1. The van der Waals surface area contributed by atoms with Gasteiger partial charge in [-0.25, -0.2) is 9.59 Å². The lowest BCUT2D eigenvalue weighted by Gasteiger charge is -2.34. The number of hydrogen-bond acceptors (Lipinski definition) is 9. The van der Waals surface area contributed by atoms with Gasteiger partial charge in [0, 0.05) is 17.0 Å². The highest BCUT2D eigenvalue weighted by molar-refractivity contribution is 6.14. The van der Waals surface area contributed by atoms with Crippen LogP contribution in [-0.2, 0) is 14.3 Å². The first-order valence-corrected chi connectivity index (χ1v) is 13.4. The molecule has 4 aromatic rings. The molecule has 0 spiro atoms. The summed E-state index contributed by atoms with van der Waals surface area (Å²) in [5, 5.41) is 4.77. The van der Waals surface area contributed by atoms with Crippen molar-refractivity contribution < 1.29 is 28.4 Å². The summed E-state index contributed by atoms with van der Waals surface area (Å²) in [4.78, 5) is 51.9. The van der Waals surface area contributed by atoms with E-state index in [4.69, 9.17) is 19.7 Å². The average Bonchev–Trinajstić information content (AvgIpc) is 3.37. The predicted octanol–water partition coefficient (Wildman–Crippen LogP) is 4.11. The van der Waals surface area contributed by atoms with Gasteiger partial charge in [-0.05, 0) is 51.2 Å². The maximum absolute atomic E-state index is 13.9. The van der Waals surface area contributed by atoms with Crippen LogP contribution in [0.25, 0.3) is 21.8 Å². The fourth-order valence-corrected chi connectivity index (χ4v) is 5.72. The van der Waals surface area contributed by atoms with Crippen LogP contribution in [0.4, 0.5) is 0 Å². The minimum absolute atomic E-state index is 0.125. The Morgan fingerprint density at radius 2 is 1.85 bits per heavy atom. The molecule has 1 fully saturated rings. The number of aromatic nitrogens is 2. The van der Waals surface area contributed by atoms with Crippen molar-refractivity contribution in [3.63, 3.8) is 0 Å². The molecule has 2 heterocycles. The zero-order chi connectivity index (χ0) is 28.4. The van der Waals surface area contributed by atoms with Gasteiger partial charge in [0.1, 0.15) is 16.7 Å². The third-order valence-corrected chi connectivity index (χ3v) is 7.60. The fraction of sp³-hybridized carbons (Fsp3) is 0.367. The predicted molar refractivity (Wildman–Crippen MR) is 147 cm³/mol. The molecule has 40 heavy (non-hydrogen) atoms. The number of Topliss-reactive ketones (excluding diaryl/α,β-unsaturated/α-hetero) is 1. The van der Waals surface area contributed by atoms with Gasteiger partial charge in [0.2, 0.25) is 0 Å². The highest BCUT2D eigenvalue weighted by atomic mass is 16.6. The van der Waals surface area contributed by atoms with Crippen LogP contribution in [0.5, 0.6) is 0 Å². The molecule has 2 aromatic heterocycles. The van der Waals surface area contributed by atoms with Gasteiger partial charge in [-0.3, -0.25) is 9.59 Å². The summed E-state index contributed by atoms with van der Waals surface area (Å²) in [5.74, 6) is -1.34. The van der Waals surface area contributed by atoms with E-state index in [1.54, 1.807) is 60.9 Å². The molecule has 3 atom stereocenters. The van der Waals surface area contributed by atoms with E-state index in [9.17, 15) is 19.2 Å². The van der Waals surface area contributed by atoms with Crippen LogP contribution in [0.2, 0.25) is 0 Å². The molecular weight excluding hydrogens is 514 g/mol. The lowest BCUT2D eigenvalue weighted by atomic mass is 9.79. The first kappa shape index (κ1) is 27.3. The van der Waals surface area contributed by atoms with Crippen LogP contribution in [0.1, 0.15) is 65.1 Å². The Labute approximate surface area is 230 Å². The molecule has 0 bridgehead atoms. The van der Waals surface area contributed by atoms with Gasteiger partial charge in [-0.15, -0.1) is 0 Å². The van der Waals surface area contributed by atoms with Crippen molar-refractivity contribution in [3.05, 3.63) is 75.8 Å². The van der Waals surface area contributed by atoms with E-state index in [1.807, 2.05) is 6.07 Å². The SMILES string of the molecule is CCOC(=O)COC(=O)c1cccc2c1c1noc(C)c1c(=O)n2C1CCCC(C(N)C(=O)c2ccccc2)C1. The molecule has 10 heteroatoms. The first-order valence-electron chi connectivity index (χ1n) is 13.4. The number of aryl methyl sites for hydroxylation is 1. The van der Waals surface area contributed by atoms with Gasteiger partial charge in [-0.1, -0.05) is 48.0 Å². The van der Waals surface area contributed by atoms with Crippen molar-refractivity contribution in [2.45, 2.75) is 51.6 Å². The summed E-state index contributed by atoms with van der Waals surface area (Å²) in [6.07, 6.45) is 2.76. The van der Waals surface area contributed by atoms with Crippen LogP contribution in [0.15, 0.2) is 57.8 Å². The minimum Gasteiger partial charge on any atom is -0.463 e. The molecule has 2 aromatic carbocycles. The standard InChI is InChI=1S/C30H31N3O7/c1-3-38-23(34)16-39-30(37)21-13-8-14-22-25(21)27-24(17(2)40-32-27)29(36)33(22)20-12-7-11-19(15-20)26(31)28(35)18-9-5-4-6-10-18/h4-6,8-10,13-14,19-20,26H,3,7,11-12,15-16,31H2,1-2H3. The summed E-state index contributed by atoms with van der Waals surface area (Å²) in [6.45, 7) is 2.93. The molecule has 208 valence electrons. The zero-order valence-electron chi connectivity index (χ0n) is 22.4. The molecule has 1 aliphatic carbocycles. The Morgan fingerprint density at radius 1 is 1.07 bits per heavy atom. The quantitative estimate of drug-likeness (QED) is 0.255. The van der Waals surface area contributed by atoms with E-state index in [1.165, 1.54) is 0 Å². The Balaban J connectivity index is 1.55. The van der Waals surface area contributed by atoms with E-state index >= 15 is 0 Å². The second kappa shape index (κ2) is 11.4. The largest absolute Gasteiger partial charge is 0.463 e. The Hall–Kier alpha value is -4.31. The Bertz CT molecular complexity index is 1640. The number of carbonyl (C=O) groups is 3. The number of benzene rings is 2. The smallest absolute Gasteiger partial charge is 0.344 e. The molecule has 1 saturated carbocycles. The van der Waals surface area contributed by atoms with Gasteiger partial charge >= 0.3 is 11.9 Å². The molecule has 3 unspecified atom stereocenters. The van der Waals surface area contributed by atoms with E-state index in [-0.39, 0.29) is 46.4 Å². The maximum atomic E-state index is 13.9. The third-order valence-electron chi connectivity index (χ3n) is 7.60. The van der Waals surface area contributed by atoms with Crippen LogP contribution < -0.4 is 11.3 Å². The third kappa shape index (κ3) is 5.02. The number of nitrogens with two attached hydrogens (primary N) is 1. The van der Waals surface area contributed by atoms with Crippen LogP contribution in [-0.4, -0.2) is 46.7 Å². The summed E-state index contributed by atoms with van der Waals surface area (Å²) >= 11 is 0. The lowest BCUT2D eigenvalue weighted by molar-refractivity contribution is -0.146. The van der Waals surface area contributed by atoms with Gasteiger partial charge in [0.05, 0.1) is 23.7 Å². The lowest BCUT2D eigenvalue weighted by Crippen LogP contribution is -2.41. The first-order chi connectivity index (χ1) is 19.3. The molecule has 0 amide bonds. The molecule has 1 aliphatic rings. The number of carbonyl (C=O) groups excluding carboxylic acids is 3. The summed E-state index contributed by atoms with van der Waals surface area (Å²) in [5.41, 5.74) is 7.66. The van der Waals surface area contributed by atoms with E-state index < -0.39 is 24.6 Å². The van der Waals surface area contributed by atoms with Gasteiger partial charge < -0.3 is 24.3 Å². The molecule has 0 saturated heterocycles. The zero-order valence-corrected chi connectivity index (χ0v) is 22.4. The summed E-state index contributed by atoms with van der Waals surface area (Å²) in [6, 6.07) is 13.0. The molecule has 10 nitrogen and oxygen atoms in total. The molecular formula is C30H31N3O7. The second-order valence-electron chi connectivity index (χ2n) is 10.1. The van der Waals surface area contributed by atoms with E-state index in [0.717, 1.165) is 12.8 Å². The molecule has 0 radical (unpaired) electrons. The van der Waals surface area contributed by atoms with E-state index in [0.29, 0.717) is 35.1 Å². The Kier molecular flexibility index (Phi) is 7.79. The van der Waals surface area contributed by atoms with Crippen molar-refractivity contribution in [2.75, 3.05) is 13.2 Å². The van der Waals surface area contributed by atoms with E-state index in [2.05, 4.69) is 5.16 Å². The van der Waals surface area contributed by atoms with Crippen LogP contribution in [0.3, 0.4) is 0 Å². The van der Waals surface area contributed by atoms with Crippen molar-refractivity contribution in [3.8, 4) is 0 Å². The highest BCUT2D eigenvalue weighted by Crippen LogP contribution is 2.37. The van der Waals surface area contributed by atoms with Crippen LogP contribution in [0, 0.1) is 12.8 Å². The fourth-order valence-electron chi connectivity index (χ4n) is 5.72. The van der Waals surface area contributed by atoms with Gasteiger partial charge in [0.15, 0.2) is 12.4 Å². The minimum atomic E-state index is -0.747. The number of pyridine rings is 1. The second-order valence-corrected chi connectivity index (χ2v) is 10.1. The van der Waals surface area contributed by atoms with Gasteiger partial charge in [-0.2, -0.15) is 0 Å².